The molecule has 5 heterocycles. The van der Waals surface area contributed by atoms with E-state index < -0.39 is 0 Å². The first-order chi connectivity index (χ1) is 19.6. The minimum Gasteiger partial charge on any atom is -0.483 e. The summed E-state index contributed by atoms with van der Waals surface area (Å²) in [4.78, 5) is 34.5. The number of amides is 1. The smallest absolute Gasteiger partial charge is 0.260 e. The lowest BCUT2D eigenvalue weighted by molar-refractivity contribution is -0.135. The summed E-state index contributed by atoms with van der Waals surface area (Å²) in [5.41, 5.74) is 4.87. The number of ether oxygens (including phenoxy) is 1. The van der Waals surface area contributed by atoms with Gasteiger partial charge in [0, 0.05) is 57.0 Å². The van der Waals surface area contributed by atoms with E-state index in [1.807, 2.05) is 59.9 Å². The number of carbonyl (C=O) groups is 1. The summed E-state index contributed by atoms with van der Waals surface area (Å²) in [6.07, 6.45) is 10.2. The number of halogens is 1. The number of aromatic nitrogens is 4. The average Bonchev–Trinajstić information content (AvgIpc) is 2.98. The van der Waals surface area contributed by atoms with Crippen LogP contribution >= 0.6 is 11.6 Å². The number of benzene rings is 1. The molecule has 2 aliphatic heterocycles. The fraction of sp³-hybridized carbons (Fsp3) is 0.276. The van der Waals surface area contributed by atoms with Gasteiger partial charge >= 0.3 is 0 Å². The number of fused-ring (bicyclic) bond motifs is 6. The zero-order valence-electron chi connectivity index (χ0n) is 21.9. The Morgan fingerprint density at radius 2 is 1.77 bits per heavy atom. The molecule has 11 heteroatoms. The highest BCUT2D eigenvalue weighted by atomic mass is 35.5. The van der Waals surface area contributed by atoms with Gasteiger partial charge < -0.3 is 20.3 Å². The van der Waals surface area contributed by atoms with Gasteiger partial charge in [0.15, 0.2) is 12.4 Å². The van der Waals surface area contributed by atoms with E-state index in [1.165, 1.54) is 5.56 Å². The van der Waals surface area contributed by atoms with Crippen molar-refractivity contribution in [1.82, 2.24) is 29.7 Å². The lowest BCUT2D eigenvalue weighted by Crippen LogP contribution is -2.49. The van der Waals surface area contributed by atoms with Crippen LogP contribution in [0, 0.1) is 0 Å². The van der Waals surface area contributed by atoms with E-state index in [0.717, 1.165) is 48.6 Å². The molecule has 10 nitrogen and oxygen atoms in total. The summed E-state index contributed by atoms with van der Waals surface area (Å²) in [5.74, 6) is 1.58. The molecule has 1 aromatic carbocycles. The lowest BCUT2D eigenvalue weighted by Gasteiger charge is -2.34. The summed E-state index contributed by atoms with van der Waals surface area (Å²) >= 11 is 6.37. The molecule has 0 radical (unpaired) electrons. The first kappa shape index (κ1) is 26.0. The van der Waals surface area contributed by atoms with Crippen LogP contribution in [0.25, 0.3) is 0 Å². The predicted octanol–water partition coefficient (Wildman–Crippen LogP) is 4.23. The van der Waals surface area contributed by atoms with Crippen molar-refractivity contribution < 1.29 is 9.53 Å². The Kier molecular flexibility index (Phi) is 7.69. The molecule has 40 heavy (non-hydrogen) atoms. The van der Waals surface area contributed by atoms with Gasteiger partial charge in [0.2, 0.25) is 5.95 Å². The Bertz CT molecular complexity index is 1490. The molecular formula is C29H29ClN8O2. The quantitative estimate of drug-likeness (QED) is 0.373. The highest BCUT2D eigenvalue weighted by molar-refractivity contribution is 6.32. The molecule has 2 N–H and O–H groups in total. The number of hydrogen-bond donors (Lipinski definition) is 2. The molecular weight excluding hydrogens is 528 g/mol. The van der Waals surface area contributed by atoms with Gasteiger partial charge in [0.05, 0.1) is 18.1 Å². The molecule has 4 aromatic rings. The maximum absolute atomic E-state index is 13.0. The molecule has 0 spiro atoms. The summed E-state index contributed by atoms with van der Waals surface area (Å²) in [6, 6.07) is 11.9. The second kappa shape index (κ2) is 11.8. The van der Waals surface area contributed by atoms with Crippen molar-refractivity contribution in [2.45, 2.75) is 19.4 Å². The molecule has 0 saturated carbocycles. The van der Waals surface area contributed by atoms with Crippen LogP contribution in [0.3, 0.4) is 0 Å². The molecule has 0 atom stereocenters. The second-order valence-electron chi connectivity index (χ2n) is 9.85. The van der Waals surface area contributed by atoms with Gasteiger partial charge in [-0.1, -0.05) is 11.6 Å². The number of anilines is 4. The van der Waals surface area contributed by atoms with Gasteiger partial charge in [-0.2, -0.15) is 4.98 Å². The molecule has 204 valence electrons. The minimum atomic E-state index is -0.00845. The summed E-state index contributed by atoms with van der Waals surface area (Å²) in [6.45, 7) is 3.88. The van der Waals surface area contributed by atoms with E-state index in [2.05, 4.69) is 35.5 Å². The van der Waals surface area contributed by atoms with E-state index >= 15 is 0 Å². The number of pyridine rings is 2. The Morgan fingerprint density at radius 3 is 2.62 bits per heavy atom. The van der Waals surface area contributed by atoms with E-state index in [-0.39, 0.29) is 12.5 Å². The van der Waals surface area contributed by atoms with Crippen molar-refractivity contribution in [1.29, 1.82) is 0 Å². The Hall–Kier alpha value is -4.28. The highest BCUT2D eigenvalue weighted by Crippen LogP contribution is 2.30. The standard InChI is InChI=1S/C29H29ClN8O2/c30-25-17-33-29-35-24-13-21(15-32-16-24)1-2-22-14-23(34-28(25)36-29)3-4-26(22)40-19-27(39)38-11-9-37(10-12-38)18-20-5-7-31-8-6-20/h3-8,13-17H,1-2,9-12,18-19H2,(H2,33,34,35,36). The minimum absolute atomic E-state index is 0.00775. The number of carbonyl (C=O) groups excluding carboxylic acids is 1. The third kappa shape index (κ3) is 6.30. The van der Waals surface area contributed by atoms with Crippen molar-refractivity contribution in [3.8, 4) is 5.75 Å². The molecule has 1 saturated heterocycles. The van der Waals surface area contributed by atoms with Gasteiger partial charge in [-0.15, -0.1) is 0 Å². The summed E-state index contributed by atoms with van der Waals surface area (Å²) < 4.78 is 6.11. The van der Waals surface area contributed by atoms with Crippen LogP contribution < -0.4 is 15.4 Å². The predicted molar refractivity (Wildman–Crippen MR) is 153 cm³/mol. The molecule has 0 unspecified atom stereocenters. The number of aryl methyl sites for hydroxylation is 2. The van der Waals surface area contributed by atoms with Crippen molar-refractivity contribution in [3.63, 3.8) is 0 Å². The van der Waals surface area contributed by atoms with Crippen molar-refractivity contribution in [2.75, 3.05) is 43.4 Å². The number of rotatable bonds is 5. The number of nitrogens with one attached hydrogen (secondary N) is 2. The monoisotopic (exact) mass is 556 g/mol. The van der Waals surface area contributed by atoms with E-state index in [9.17, 15) is 4.79 Å². The van der Waals surface area contributed by atoms with Crippen LogP contribution in [0.2, 0.25) is 5.02 Å². The summed E-state index contributed by atoms with van der Waals surface area (Å²) in [7, 11) is 0. The molecule has 0 aliphatic carbocycles. The SMILES string of the molecule is O=C(COc1ccc2cc1CCc1cncc(c1)Nc1ncc(Cl)c(n1)N2)N1CCN(Cc2ccncc2)CC1. The highest BCUT2D eigenvalue weighted by Gasteiger charge is 2.22. The van der Waals surface area contributed by atoms with Gasteiger partial charge in [-0.3, -0.25) is 19.7 Å². The first-order valence-corrected chi connectivity index (χ1v) is 13.6. The Balaban J connectivity index is 1.13. The molecule has 1 fully saturated rings. The molecule has 3 aromatic heterocycles. The van der Waals surface area contributed by atoms with Crippen LogP contribution in [0.5, 0.6) is 5.75 Å². The molecule has 6 rings (SSSR count). The van der Waals surface area contributed by atoms with Gasteiger partial charge in [-0.25, -0.2) is 4.98 Å². The third-order valence-corrected chi connectivity index (χ3v) is 7.31. The lowest BCUT2D eigenvalue weighted by atomic mass is 10.0. The molecule has 2 aliphatic rings. The van der Waals surface area contributed by atoms with Gasteiger partial charge in [0.1, 0.15) is 10.8 Å². The van der Waals surface area contributed by atoms with Crippen LogP contribution in [0.4, 0.5) is 23.1 Å². The van der Waals surface area contributed by atoms with Crippen LogP contribution in [0.15, 0.2) is 67.4 Å². The normalized spacial score (nSPS) is 15.1. The molecule has 1 amide bonds. The van der Waals surface area contributed by atoms with Gasteiger partial charge in [0.25, 0.3) is 5.91 Å². The fourth-order valence-corrected chi connectivity index (χ4v) is 5.02. The van der Waals surface area contributed by atoms with E-state index in [1.54, 1.807) is 12.4 Å². The molecule has 6 bridgehead atoms. The summed E-state index contributed by atoms with van der Waals surface area (Å²) in [5, 5.41) is 6.88. The van der Waals surface area contributed by atoms with Crippen molar-refractivity contribution >= 4 is 40.6 Å². The number of hydrogen-bond acceptors (Lipinski definition) is 9. The first-order valence-electron chi connectivity index (χ1n) is 13.2. The third-order valence-electron chi connectivity index (χ3n) is 7.03. The van der Waals surface area contributed by atoms with E-state index in [4.69, 9.17) is 16.3 Å². The van der Waals surface area contributed by atoms with Crippen LogP contribution in [-0.2, 0) is 24.2 Å². The topological polar surface area (TPSA) is 108 Å². The number of nitrogens with zero attached hydrogens (tertiary/aromatic N) is 6. The largest absolute Gasteiger partial charge is 0.483 e. The Morgan fingerprint density at radius 1 is 0.925 bits per heavy atom. The fourth-order valence-electron chi connectivity index (χ4n) is 4.88. The van der Waals surface area contributed by atoms with Crippen molar-refractivity contribution in [3.05, 3.63) is 89.1 Å². The average molecular weight is 557 g/mol. The zero-order valence-corrected chi connectivity index (χ0v) is 22.6. The maximum Gasteiger partial charge on any atom is 0.260 e. The zero-order chi connectivity index (χ0) is 27.3. The number of piperazine rings is 1. The maximum atomic E-state index is 13.0. The van der Waals surface area contributed by atoms with Crippen LogP contribution in [-0.4, -0.2) is 68.4 Å². The van der Waals surface area contributed by atoms with Gasteiger partial charge in [-0.05, 0) is 65.9 Å². The Labute approximate surface area is 237 Å². The second-order valence-corrected chi connectivity index (χ2v) is 10.3. The van der Waals surface area contributed by atoms with E-state index in [0.29, 0.717) is 42.0 Å². The van der Waals surface area contributed by atoms with Crippen molar-refractivity contribution in [2.24, 2.45) is 0 Å². The van der Waals surface area contributed by atoms with Crippen LogP contribution in [0.1, 0.15) is 16.7 Å².